The molecule has 0 aliphatic heterocycles. The Morgan fingerprint density at radius 1 is 1.27 bits per heavy atom. The average molecular weight is 446 g/mol. The van der Waals surface area contributed by atoms with Gasteiger partial charge in [0, 0.05) is 40.8 Å². The number of benzene rings is 2. The molecule has 1 heterocycles. The number of rotatable bonds is 7. The van der Waals surface area contributed by atoms with Crippen LogP contribution >= 0.6 is 23.2 Å². The molecule has 3 aromatic rings. The molecule has 156 valence electrons. The molecule has 0 radical (unpaired) electrons. The van der Waals surface area contributed by atoms with E-state index in [1.54, 1.807) is 24.4 Å². The highest BCUT2D eigenvalue weighted by Gasteiger charge is 2.24. The van der Waals surface area contributed by atoms with Gasteiger partial charge in [-0.2, -0.15) is 5.10 Å². The Hall–Kier alpha value is -2.70. The molecule has 1 aliphatic rings. The van der Waals surface area contributed by atoms with Gasteiger partial charge in [0.25, 0.3) is 5.91 Å². The fourth-order valence-corrected chi connectivity index (χ4v) is 3.80. The van der Waals surface area contributed by atoms with Crippen LogP contribution in [0.2, 0.25) is 10.0 Å². The molecule has 30 heavy (non-hydrogen) atoms. The van der Waals surface area contributed by atoms with Gasteiger partial charge >= 0.3 is 0 Å². The first-order chi connectivity index (χ1) is 14.4. The monoisotopic (exact) mass is 445 g/mol. The molecule has 4 rings (SSSR count). The largest absolute Gasteiger partial charge is 0.507 e. The lowest BCUT2D eigenvalue weighted by atomic mass is 9.99. The van der Waals surface area contributed by atoms with E-state index in [1.165, 1.54) is 7.05 Å². The van der Waals surface area contributed by atoms with Crippen LogP contribution in [0.3, 0.4) is 0 Å². The number of likely N-dealkylation sites (N-methyl/N-ethyl adjacent to an activating group) is 1. The van der Waals surface area contributed by atoms with Gasteiger partial charge in [-0.05, 0) is 48.2 Å². The van der Waals surface area contributed by atoms with Crippen molar-refractivity contribution in [1.82, 2.24) is 15.1 Å². The lowest BCUT2D eigenvalue weighted by Crippen LogP contribution is -2.24. The minimum Gasteiger partial charge on any atom is -0.507 e. The molecule has 1 fully saturated rings. The number of carbonyl (C=O) groups excluding carboxylic acids is 1. The number of amides is 1. The van der Waals surface area contributed by atoms with Gasteiger partial charge in [-0.3, -0.25) is 9.48 Å². The zero-order valence-electron chi connectivity index (χ0n) is 16.4. The van der Waals surface area contributed by atoms with Crippen molar-refractivity contribution in [1.29, 1.82) is 0 Å². The minimum atomic E-state index is -0.243. The summed E-state index contributed by atoms with van der Waals surface area (Å²) in [4.78, 5) is 11.4. The van der Waals surface area contributed by atoms with Crippen molar-refractivity contribution in [2.45, 2.75) is 25.3 Å². The quantitative estimate of drug-likeness (QED) is 0.556. The highest BCUT2D eigenvalue weighted by molar-refractivity contribution is 6.36. The summed E-state index contributed by atoms with van der Waals surface area (Å²) >= 11 is 12.9. The molecule has 1 aromatic heterocycles. The van der Waals surface area contributed by atoms with Crippen LogP contribution in [-0.2, 0) is 11.2 Å². The van der Waals surface area contributed by atoms with E-state index < -0.39 is 0 Å². The number of phenols is 1. The third-order valence-corrected chi connectivity index (χ3v) is 5.71. The van der Waals surface area contributed by atoms with E-state index in [0.29, 0.717) is 28.3 Å². The third-order valence-electron chi connectivity index (χ3n) is 5.04. The van der Waals surface area contributed by atoms with Crippen molar-refractivity contribution in [3.05, 3.63) is 63.9 Å². The number of phenolic OH excluding ortho intramolecular Hbond substituents is 1. The van der Waals surface area contributed by atoms with E-state index in [1.807, 2.05) is 23.0 Å². The molecule has 1 amide bonds. The molecule has 6 nitrogen and oxygen atoms in total. The summed E-state index contributed by atoms with van der Waals surface area (Å²) in [5, 5.41) is 18.1. The van der Waals surface area contributed by atoms with Crippen LogP contribution in [0.15, 0.2) is 42.7 Å². The van der Waals surface area contributed by atoms with Gasteiger partial charge in [0.2, 0.25) is 0 Å². The van der Waals surface area contributed by atoms with E-state index in [0.717, 1.165) is 35.1 Å². The SMILES string of the molecule is CNC(=O)COc1cc(Cl)c(Cc2ccc(O)c(-c3cnn(C4CC4)c3)c2)c(Cl)c1. The second-order valence-corrected chi connectivity index (χ2v) is 8.11. The normalized spacial score (nSPS) is 13.3. The van der Waals surface area contributed by atoms with Gasteiger partial charge in [-0.1, -0.05) is 29.3 Å². The zero-order valence-corrected chi connectivity index (χ0v) is 17.9. The van der Waals surface area contributed by atoms with Crippen LogP contribution < -0.4 is 10.1 Å². The summed E-state index contributed by atoms with van der Waals surface area (Å²) in [6.45, 7) is -0.113. The Bertz CT molecular complexity index is 1070. The van der Waals surface area contributed by atoms with Crippen molar-refractivity contribution in [2.75, 3.05) is 13.7 Å². The Morgan fingerprint density at radius 2 is 2.00 bits per heavy atom. The molecule has 0 atom stereocenters. The number of aromatic nitrogens is 2. The van der Waals surface area contributed by atoms with Crippen molar-refractivity contribution >= 4 is 29.1 Å². The van der Waals surface area contributed by atoms with Crippen LogP contribution in [0, 0.1) is 0 Å². The molecule has 0 unspecified atom stereocenters. The summed E-state index contributed by atoms with van der Waals surface area (Å²) in [5.41, 5.74) is 3.29. The maximum Gasteiger partial charge on any atom is 0.257 e. The predicted octanol–water partition coefficient (Wildman–Crippen LogP) is 4.61. The minimum absolute atomic E-state index is 0.113. The highest BCUT2D eigenvalue weighted by Crippen LogP contribution is 2.38. The van der Waals surface area contributed by atoms with Gasteiger partial charge in [0.05, 0.1) is 12.2 Å². The zero-order chi connectivity index (χ0) is 21.3. The van der Waals surface area contributed by atoms with E-state index in [9.17, 15) is 9.90 Å². The van der Waals surface area contributed by atoms with E-state index >= 15 is 0 Å². The predicted molar refractivity (Wildman–Crippen MR) is 116 cm³/mol. The Balaban J connectivity index is 1.55. The summed E-state index contributed by atoms with van der Waals surface area (Å²) in [7, 11) is 1.54. The second-order valence-electron chi connectivity index (χ2n) is 7.30. The molecular formula is C22H21Cl2N3O3. The lowest BCUT2D eigenvalue weighted by molar-refractivity contribution is -0.122. The molecule has 0 spiro atoms. The van der Waals surface area contributed by atoms with Crippen molar-refractivity contribution < 1.29 is 14.6 Å². The molecule has 1 saturated carbocycles. The number of nitrogens with one attached hydrogen (secondary N) is 1. The highest BCUT2D eigenvalue weighted by atomic mass is 35.5. The van der Waals surface area contributed by atoms with Crippen molar-refractivity contribution in [2.24, 2.45) is 0 Å². The molecule has 8 heteroatoms. The molecule has 1 aliphatic carbocycles. The molecular weight excluding hydrogens is 425 g/mol. The summed E-state index contributed by atoms with van der Waals surface area (Å²) in [6.07, 6.45) is 6.52. The standard InChI is InChI=1S/C22H21Cl2N3O3/c1-25-22(29)12-30-16-8-19(23)18(20(24)9-16)7-13-2-5-21(28)17(6-13)14-10-26-27(11-14)15-3-4-15/h2,5-6,8-11,15,28H,3-4,7,12H2,1H3,(H,25,29). The van der Waals surface area contributed by atoms with E-state index in [2.05, 4.69) is 10.4 Å². The fraction of sp³-hybridized carbons (Fsp3) is 0.273. The molecule has 0 saturated heterocycles. The maximum absolute atomic E-state index is 11.4. The first-order valence-corrected chi connectivity index (χ1v) is 10.4. The number of halogens is 2. The third kappa shape index (κ3) is 4.55. The van der Waals surface area contributed by atoms with E-state index in [4.69, 9.17) is 27.9 Å². The molecule has 2 N–H and O–H groups in total. The van der Waals surface area contributed by atoms with Crippen LogP contribution in [0.5, 0.6) is 11.5 Å². The van der Waals surface area contributed by atoms with Crippen LogP contribution in [0.4, 0.5) is 0 Å². The number of nitrogens with zero attached hydrogens (tertiary/aromatic N) is 2. The van der Waals surface area contributed by atoms with Gasteiger partial charge < -0.3 is 15.2 Å². The van der Waals surface area contributed by atoms with Crippen LogP contribution in [-0.4, -0.2) is 34.4 Å². The summed E-state index contributed by atoms with van der Waals surface area (Å²) < 4.78 is 7.37. The maximum atomic E-state index is 11.4. The van der Waals surface area contributed by atoms with Gasteiger partial charge in [0.1, 0.15) is 11.5 Å². The molecule has 0 bridgehead atoms. The number of hydrogen-bond donors (Lipinski definition) is 2. The topological polar surface area (TPSA) is 76.4 Å². The second kappa shape index (κ2) is 8.58. The van der Waals surface area contributed by atoms with Gasteiger partial charge in [-0.25, -0.2) is 0 Å². The fourth-order valence-electron chi connectivity index (χ4n) is 3.20. The lowest BCUT2D eigenvalue weighted by Gasteiger charge is -2.12. The van der Waals surface area contributed by atoms with Crippen molar-refractivity contribution in [3.8, 4) is 22.6 Å². The first-order valence-electron chi connectivity index (χ1n) is 9.62. The van der Waals surface area contributed by atoms with Crippen LogP contribution in [0.25, 0.3) is 11.1 Å². The first kappa shape index (κ1) is 20.6. The van der Waals surface area contributed by atoms with Gasteiger partial charge in [0.15, 0.2) is 6.61 Å². The number of carbonyl (C=O) groups is 1. The van der Waals surface area contributed by atoms with Crippen LogP contribution in [0.1, 0.15) is 30.0 Å². The Morgan fingerprint density at radius 3 is 2.67 bits per heavy atom. The van der Waals surface area contributed by atoms with Crippen molar-refractivity contribution in [3.63, 3.8) is 0 Å². The Kier molecular flexibility index (Phi) is 5.88. The Labute approximate surface area is 184 Å². The van der Waals surface area contributed by atoms with Gasteiger partial charge in [-0.15, -0.1) is 0 Å². The smallest absolute Gasteiger partial charge is 0.257 e. The van der Waals surface area contributed by atoms with E-state index in [-0.39, 0.29) is 18.3 Å². The number of ether oxygens (including phenoxy) is 1. The summed E-state index contributed by atoms with van der Waals surface area (Å²) in [6, 6.07) is 9.20. The number of hydrogen-bond acceptors (Lipinski definition) is 4. The summed E-state index contributed by atoms with van der Waals surface area (Å²) in [5.74, 6) is 0.383. The molecule has 2 aromatic carbocycles. The number of aromatic hydroxyl groups is 1. The average Bonchev–Trinajstić information content (AvgIpc) is 3.47.